The standard InChI is InChI=1S/C23H18O3/c1-2-12-22-13-17-10-6-7-11-18(17)20(22)25-23(15-22)14-19(21(24)26-23)16-8-4-3-5-9-16/h1,3-11,14,20H,12-13,15H2. The van der Waals surface area contributed by atoms with Gasteiger partial charge in [-0.15, -0.1) is 12.3 Å². The predicted molar refractivity (Wildman–Crippen MR) is 97.7 cm³/mol. The zero-order valence-electron chi connectivity index (χ0n) is 14.3. The van der Waals surface area contributed by atoms with Crippen molar-refractivity contribution in [2.75, 3.05) is 0 Å². The number of rotatable bonds is 2. The third kappa shape index (κ3) is 2.09. The van der Waals surface area contributed by atoms with Crippen LogP contribution in [0.15, 0.2) is 60.7 Å². The van der Waals surface area contributed by atoms with Crippen LogP contribution in [0.1, 0.15) is 35.6 Å². The lowest BCUT2D eigenvalue weighted by molar-refractivity contribution is -0.192. The van der Waals surface area contributed by atoms with Crippen LogP contribution < -0.4 is 0 Å². The maximum atomic E-state index is 12.6. The van der Waals surface area contributed by atoms with Crippen molar-refractivity contribution >= 4 is 11.5 Å². The van der Waals surface area contributed by atoms with Crippen LogP contribution in [0, 0.1) is 17.8 Å². The molecule has 1 spiro atoms. The zero-order valence-corrected chi connectivity index (χ0v) is 14.3. The normalized spacial score (nSPS) is 31.3. The first kappa shape index (κ1) is 15.4. The fraction of sp³-hybridized carbons (Fsp3) is 0.261. The van der Waals surface area contributed by atoms with Crippen molar-refractivity contribution < 1.29 is 14.3 Å². The maximum Gasteiger partial charge on any atom is 0.341 e. The number of terminal acetylenes is 1. The number of hydrogen-bond donors (Lipinski definition) is 0. The quantitative estimate of drug-likeness (QED) is 0.610. The van der Waals surface area contributed by atoms with Gasteiger partial charge in [-0.1, -0.05) is 54.6 Å². The Kier molecular flexibility index (Phi) is 3.16. The van der Waals surface area contributed by atoms with Gasteiger partial charge in [0.05, 0.1) is 11.7 Å². The van der Waals surface area contributed by atoms with Gasteiger partial charge in [0.15, 0.2) is 0 Å². The predicted octanol–water partition coefficient (Wildman–Crippen LogP) is 4.05. The Morgan fingerprint density at radius 3 is 2.69 bits per heavy atom. The third-order valence-electron chi connectivity index (χ3n) is 5.74. The van der Waals surface area contributed by atoms with E-state index in [1.165, 1.54) is 5.56 Å². The average Bonchev–Trinajstić information content (AvgIpc) is 3.22. The molecule has 0 amide bonds. The summed E-state index contributed by atoms with van der Waals surface area (Å²) in [6.45, 7) is 0. The summed E-state index contributed by atoms with van der Waals surface area (Å²) in [6, 6.07) is 17.9. The van der Waals surface area contributed by atoms with E-state index in [9.17, 15) is 4.79 Å². The van der Waals surface area contributed by atoms with Crippen molar-refractivity contribution in [3.63, 3.8) is 0 Å². The second kappa shape index (κ2) is 5.33. The largest absolute Gasteiger partial charge is 0.426 e. The summed E-state index contributed by atoms with van der Waals surface area (Å²) in [5.41, 5.74) is 3.63. The molecule has 128 valence electrons. The summed E-state index contributed by atoms with van der Waals surface area (Å²) in [5.74, 6) is 1.48. The fourth-order valence-electron chi connectivity index (χ4n) is 4.73. The Bertz CT molecular complexity index is 968. The minimum absolute atomic E-state index is 0.145. The molecule has 0 aromatic heterocycles. The Balaban J connectivity index is 1.57. The molecule has 1 saturated heterocycles. The van der Waals surface area contributed by atoms with E-state index in [0.717, 1.165) is 17.5 Å². The lowest BCUT2D eigenvalue weighted by Gasteiger charge is -2.25. The van der Waals surface area contributed by atoms with Gasteiger partial charge in [-0.25, -0.2) is 4.79 Å². The first-order chi connectivity index (χ1) is 12.6. The molecule has 2 aromatic rings. The van der Waals surface area contributed by atoms with Gasteiger partial charge in [0.25, 0.3) is 0 Å². The summed E-state index contributed by atoms with van der Waals surface area (Å²) in [5, 5.41) is 0. The molecule has 3 atom stereocenters. The van der Waals surface area contributed by atoms with E-state index in [0.29, 0.717) is 18.4 Å². The third-order valence-corrected chi connectivity index (χ3v) is 5.74. The van der Waals surface area contributed by atoms with Gasteiger partial charge < -0.3 is 9.47 Å². The first-order valence-electron chi connectivity index (χ1n) is 8.85. The van der Waals surface area contributed by atoms with Crippen LogP contribution in [0.4, 0.5) is 0 Å². The Morgan fingerprint density at radius 2 is 1.88 bits per heavy atom. The molecule has 2 heterocycles. The number of carbonyl (C=O) groups excluding carboxylic acids is 1. The molecule has 3 heteroatoms. The van der Waals surface area contributed by atoms with Crippen LogP contribution in [0.25, 0.3) is 5.57 Å². The Hall–Kier alpha value is -2.83. The van der Waals surface area contributed by atoms with E-state index >= 15 is 0 Å². The van der Waals surface area contributed by atoms with Gasteiger partial charge in [-0.2, -0.15) is 0 Å². The fourth-order valence-corrected chi connectivity index (χ4v) is 4.73. The van der Waals surface area contributed by atoms with Crippen molar-refractivity contribution in [2.24, 2.45) is 5.41 Å². The van der Waals surface area contributed by atoms with Crippen molar-refractivity contribution in [3.05, 3.63) is 77.4 Å². The molecule has 26 heavy (non-hydrogen) atoms. The SMILES string of the molecule is C#CCC12Cc3ccccc3C1OC1(C=C(c3ccccc3)C(=O)O1)C2. The molecule has 3 unspecified atom stereocenters. The molecule has 0 saturated carbocycles. The molecule has 1 aliphatic carbocycles. The second-order valence-corrected chi connectivity index (χ2v) is 7.42. The van der Waals surface area contributed by atoms with Gasteiger partial charge in [-0.3, -0.25) is 0 Å². The summed E-state index contributed by atoms with van der Waals surface area (Å²) in [4.78, 5) is 12.6. The number of esters is 1. The smallest absolute Gasteiger partial charge is 0.341 e. The molecule has 5 rings (SSSR count). The highest BCUT2D eigenvalue weighted by Gasteiger charge is 2.62. The van der Waals surface area contributed by atoms with E-state index < -0.39 is 5.79 Å². The number of ether oxygens (including phenoxy) is 2. The highest BCUT2D eigenvalue weighted by atomic mass is 16.7. The Labute approximate surface area is 152 Å². The van der Waals surface area contributed by atoms with Gasteiger partial charge >= 0.3 is 5.97 Å². The van der Waals surface area contributed by atoms with E-state index in [1.807, 2.05) is 48.5 Å². The molecule has 1 fully saturated rings. The van der Waals surface area contributed by atoms with E-state index in [-0.39, 0.29) is 17.5 Å². The van der Waals surface area contributed by atoms with E-state index in [2.05, 4.69) is 18.1 Å². The van der Waals surface area contributed by atoms with Crippen molar-refractivity contribution in [2.45, 2.75) is 31.2 Å². The average molecular weight is 342 g/mol. The molecule has 0 radical (unpaired) electrons. The highest BCUT2D eigenvalue weighted by Crippen LogP contribution is 2.62. The maximum absolute atomic E-state index is 12.6. The summed E-state index contributed by atoms with van der Waals surface area (Å²) >= 11 is 0. The van der Waals surface area contributed by atoms with Gasteiger partial charge in [-0.05, 0) is 23.1 Å². The van der Waals surface area contributed by atoms with E-state index in [4.69, 9.17) is 15.9 Å². The summed E-state index contributed by atoms with van der Waals surface area (Å²) in [7, 11) is 0. The van der Waals surface area contributed by atoms with Crippen LogP contribution in [0.5, 0.6) is 0 Å². The van der Waals surface area contributed by atoms with Crippen molar-refractivity contribution in [3.8, 4) is 12.3 Å². The van der Waals surface area contributed by atoms with Crippen LogP contribution >= 0.6 is 0 Å². The van der Waals surface area contributed by atoms with Crippen LogP contribution in [-0.4, -0.2) is 11.8 Å². The van der Waals surface area contributed by atoms with Gasteiger partial charge in [0, 0.05) is 24.3 Å². The molecule has 0 N–H and O–H groups in total. The molecule has 3 nitrogen and oxygen atoms in total. The van der Waals surface area contributed by atoms with Crippen LogP contribution in [-0.2, 0) is 20.7 Å². The molecule has 2 aromatic carbocycles. The Morgan fingerprint density at radius 1 is 1.12 bits per heavy atom. The minimum Gasteiger partial charge on any atom is -0.426 e. The monoisotopic (exact) mass is 342 g/mol. The molecule has 2 aliphatic heterocycles. The highest BCUT2D eigenvalue weighted by molar-refractivity contribution is 6.18. The molecule has 0 bridgehead atoms. The minimum atomic E-state index is -1.02. The second-order valence-electron chi connectivity index (χ2n) is 7.42. The van der Waals surface area contributed by atoms with Crippen LogP contribution in [0.2, 0.25) is 0 Å². The number of carbonyl (C=O) groups is 1. The van der Waals surface area contributed by atoms with Gasteiger partial charge in [0.2, 0.25) is 5.79 Å². The summed E-state index contributed by atoms with van der Waals surface area (Å²) in [6.07, 6.45) is 9.44. The zero-order chi connectivity index (χ0) is 17.8. The molecular weight excluding hydrogens is 324 g/mol. The lowest BCUT2D eigenvalue weighted by atomic mass is 9.76. The number of fused-ring (bicyclic) bond motifs is 3. The lowest BCUT2D eigenvalue weighted by Crippen LogP contribution is -2.29. The van der Waals surface area contributed by atoms with E-state index in [1.54, 1.807) is 0 Å². The van der Waals surface area contributed by atoms with Crippen molar-refractivity contribution in [1.82, 2.24) is 0 Å². The van der Waals surface area contributed by atoms with Crippen LogP contribution in [0.3, 0.4) is 0 Å². The topological polar surface area (TPSA) is 35.5 Å². The number of benzene rings is 2. The molecule has 3 aliphatic rings. The number of hydrogen-bond acceptors (Lipinski definition) is 3. The van der Waals surface area contributed by atoms with Gasteiger partial charge in [0.1, 0.15) is 0 Å². The summed E-state index contributed by atoms with van der Waals surface area (Å²) < 4.78 is 12.2. The molecular formula is C23H18O3. The van der Waals surface area contributed by atoms with Crippen molar-refractivity contribution in [1.29, 1.82) is 0 Å². The first-order valence-corrected chi connectivity index (χ1v) is 8.85.